The van der Waals surface area contributed by atoms with Crippen molar-refractivity contribution in [1.82, 2.24) is 10.6 Å². The van der Waals surface area contributed by atoms with Gasteiger partial charge in [0.2, 0.25) is 5.91 Å². The van der Waals surface area contributed by atoms with Crippen molar-refractivity contribution in [3.05, 3.63) is 59.7 Å². The molecule has 0 aromatic heterocycles. The van der Waals surface area contributed by atoms with Crippen LogP contribution in [0.1, 0.15) is 63.5 Å². The van der Waals surface area contributed by atoms with Crippen molar-refractivity contribution in [3.63, 3.8) is 0 Å². The van der Waals surface area contributed by atoms with Gasteiger partial charge in [0.1, 0.15) is 12.6 Å². The Labute approximate surface area is 206 Å². The minimum absolute atomic E-state index is 0.0428. The molecule has 0 heterocycles. The molecule has 0 spiro atoms. The average Bonchev–Trinajstić information content (AvgIpc) is 3.35. The minimum atomic E-state index is -1.05. The van der Waals surface area contributed by atoms with Crippen molar-refractivity contribution in [3.8, 4) is 11.1 Å². The molecule has 4 rings (SSSR count). The van der Waals surface area contributed by atoms with Gasteiger partial charge in [0.15, 0.2) is 0 Å². The number of carbonyl (C=O) groups excluding carboxylic acids is 2. The van der Waals surface area contributed by atoms with Crippen molar-refractivity contribution in [2.45, 2.75) is 64.5 Å². The number of rotatable bonds is 8. The first kappa shape index (κ1) is 24.8. The Morgan fingerprint density at radius 3 is 2.23 bits per heavy atom. The number of aliphatic carboxylic acids is 1. The van der Waals surface area contributed by atoms with Gasteiger partial charge >= 0.3 is 12.1 Å². The molecule has 2 aliphatic rings. The van der Waals surface area contributed by atoms with E-state index in [0.717, 1.165) is 28.7 Å². The van der Waals surface area contributed by atoms with Gasteiger partial charge in [-0.25, -0.2) is 9.59 Å². The molecule has 7 nitrogen and oxygen atoms in total. The van der Waals surface area contributed by atoms with E-state index in [1.54, 1.807) is 6.92 Å². The molecule has 0 saturated heterocycles. The Balaban J connectivity index is 1.40. The SMILES string of the molecule is CC(C)C[C@@H](NC(=O)C1(C)CCCC1NC(=O)OCC1c2ccccc2-c2ccccc21)C(=O)O. The highest BCUT2D eigenvalue weighted by Gasteiger charge is 2.47. The molecule has 2 amide bonds. The van der Waals surface area contributed by atoms with E-state index in [4.69, 9.17) is 4.74 Å². The molecule has 2 aromatic rings. The number of hydrogen-bond acceptors (Lipinski definition) is 4. The van der Waals surface area contributed by atoms with Gasteiger partial charge in [0.25, 0.3) is 0 Å². The maximum atomic E-state index is 13.1. The maximum absolute atomic E-state index is 13.1. The lowest BCUT2D eigenvalue weighted by Gasteiger charge is -2.32. The van der Waals surface area contributed by atoms with Crippen molar-refractivity contribution in [2.24, 2.45) is 11.3 Å². The van der Waals surface area contributed by atoms with E-state index in [-0.39, 0.29) is 24.3 Å². The second-order valence-corrected chi connectivity index (χ2v) is 10.3. The predicted molar refractivity (Wildman–Crippen MR) is 133 cm³/mol. The molecule has 0 aliphatic heterocycles. The standard InChI is InChI=1S/C28H34N2O5/c1-17(2)15-23(25(31)32)29-26(33)28(3)14-8-13-24(28)30-27(34)35-16-22-20-11-6-4-9-18(20)19-10-5-7-12-21(19)22/h4-7,9-12,17,22-24H,8,13-16H2,1-3H3,(H,29,33)(H,30,34)(H,31,32)/t23-,24?,28?/m1/s1. The monoisotopic (exact) mass is 478 g/mol. The number of carbonyl (C=O) groups is 3. The van der Waals surface area contributed by atoms with Gasteiger partial charge in [0.05, 0.1) is 5.41 Å². The van der Waals surface area contributed by atoms with Crippen LogP contribution in [0.2, 0.25) is 0 Å². The van der Waals surface area contributed by atoms with Gasteiger partial charge in [0, 0.05) is 12.0 Å². The van der Waals surface area contributed by atoms with E-state index in [0.29, 0.717) is 19.3 Å². The summed E-state index contributed by atoms with van der Waals surface area (Å²) in [5, 5.41) is 15.1. The Hall–Kier alpha value is -3.35. The van der Waals surface area contributed by atoms with Crippen molar-refractivity contribution in [1.29, 1.82) is 0 Å². The molecule has 0 radical (unpaired) electrons. The zero-order valence-corrected chi connectivity index (χ0v) is 20.5. The molecule has 7 heteroatoms. The smallest absolute Gasteiger partial charge is 0.407 e. The zero-order valence-electron chi connectivity index (χ0n) is 20.5. The molecular weight excluding hydrogens is 444 g/mol. The van der Waals surface area contributed by atoms with Crippen molar-refractivity contribution >= 4 is 18.0 Å². The van der Waals surface area contributed by atoms with Crippen LogP contribution in [0.15, 0.2) is 48.5 Å². The fourth-order valence-corrected chi connectivity index (χ4v) is 5.47. The number of ether oxygens (including phenoxy) is 1. The first-order valence-electron chi connectivity index (χ1n) is 12.4. The summed E-state index contributed by atoms with van der Waals surface area (Å²) in [6.07, 6.45) is 1.76. The third-order valence-electron chi connectivity index (χ3n) is 7.42. The van der Waals surface area contributed by atoms with Crippen molar-refractivity contribution < 1.29 is 24.2 Å². The molecule has 186 valence electrons. The number of alkyl carbamates (subject to hydrolysis) is 1. The normalized spacial score (nSPS) is 21.8. The molecule has 3 N–H and O–H groups in total. The number of amides is 2. The highest BCUT2D eigenvalue weighted by molar-refractivity contribution is 5.88. The van der Waals surface area contributed by atoms with Crippen LogP contribution in [0.4, 0.5) is 4.79 Å². The number of hydrogen-bond donors (Lipinski definition) is 3. The molecule has 1 fully saturated rings. The van der Waals surface area contributed by atoms with E-state index in [9.17, 15) is 19.5 Å². The number of carboxylic acid groups (broad SMARTS) is 1. The number of carboxylic acids is 1. The summed E-state index contributed by atoms with van der Waals surface area (Å²) >= 11 is 0. The molecule has 3 atom stereocenters. The fraction of sp³-hybridized carbons (Fsp3) is 0.464. The summed E-state index contributed by atoms with van der Waals surface area (Å²) in [5.41, 5.74) is 3.70. The molecule has 35 heavy (non-hydrogen) atoms. The second kappa shape index (κ2) is 10.1. The topological polar surface area (TPSA) is 105 Å². The largest absolute Gasteiger partial charge is 0.480 e. The van der Waals surface area contributed by atoms with Crippen LogP contribution >= 0.6 is 0 Å². The minimum Gasteiger partial charge on any atom is -0.480 e. The van der Waals surface area contributed by atoms with Crippen LogP contribution in [-0.2, 0) is 14.3 Å². The Kier molecular flexibility index (Phi) is 7.15. The second-order valence-electron chi connectivity index (χ2n) is 10.3. The third kappa shape index (κ3) is 5.04. The van der Waals surface area contributed by atoms with Crippen LogP contribution in [-0.4, -0.2) is 41.8 Å². The van der Waals surface area contributed by atoms with E-state index >= 15 is 0 Å². The zero-order chi connectivity index (χ0) is 25.2. The lowest BCUT2D eigenvalue weighted by molar-refractivity contribution is -0.144. The van der Waals surface area contributed by atoms with Gasteiger partial charge in [-0.2, -0.15) is 0 Å². The lowest BCUT2D eigenvalue weighted by atomic mass is 9.83. The molecule has 1 saturated carbocycles. The van der Waals surface area contributed by atoms with Crippen molar-refractivity contribution in [2.75, 3.05) is 6.61 Å². The van der Waals surface area contributed by atoms with Crippen LogP contribution in [0.3, 0.4) is 0 Å². The number of fused-ring (bicyclic) bond motifs is 3. The Bertz CT molecular complexity index is 1070. The first-order valence-corrected chi connectivity index (χ1v) is 12.4. The van der Waals surface area contributed by atoms with Crippen LogP contribution in [0, 0.1) is 11.3 Å². The highest BCUT2D eigenvalue weighted by Crippen LogP contribution is 2.44. The maximum Gasteiger partial charge on any atom is 0.407 e. The third-order valence-corrected chi connectivity index (χ3v) is 7.42. The van der Waals surface area contributed by atoms with E-state index in [2.05, 4.69) is 34.9 Å². The average molecular weight is 479 g/mol. The Morgan fingerprint density at radius 2 is 1.66 bits per heavy atom. The predicted octanol–water partition coefficient (Wildman–Crippen LogP) is 4.70. The van der Waals surface area contributed by atoms with Gasteiger partial charge in [-0.1, -0.05) is 68.8 Å². The summed E-state index contributed by atoms with van der Waals surface area (Å²) in [6.45, 7) is 5.82. The molecule has 0 bridgehead atoms. The van der Waals surface area contributed by atoms with Gasteiger partial charge in [-0.05, 0) is 54.4 Å². The summed E-state index contributed by atoms with van der Waals surface area (Å²) < 4.78 is 5.67. The number of benzene rings is 2. The molecular formula is C28H34N2O5. The highest BCUT2D eigenvalue weighted by atomic mass is 16.5. The van der Waals surface area contributed by atoms with Gasteiger partial charge in [-0.3, -0.25) is 4.79 Å². The van der Waals surface area contributed by atoms with Crippen LogP contribution < -0.4 is 10.6 Å². The summed E-state index contributed by atoms with van der Waals surface area (Å²) in [4.78, 5) is 37.6. The molecule has 2 aliphatic carbocycles. The fourth-order valence-electron chi connectivity index (χ4n) is 5.47. The van der Waals surface area contributed by atoms with Crippen LogP contribution in [0.5, 0.6) is 0 Å². The summed E-state index contributed by atoms with van der Waals surface area (Å²) in [7, 11) is 0. The quantitative estimate of drug-likeness (QED) is 0.510. The van der Waals surface area contributed by atoms with E-state index < -0.39 is 29.6 Å². The van der Waals surface area contributed by atoms with Gasteiger partial charge in [-0.15, -0.1) is 0 Å². The first-order chi connectivity index (χ1) is 16.7. The van der Waals surface area contributed by atoms with Gasteiger partial charge < -0.3 is 20.5 Å². The molecule has 2 unspecified atom stereocenters. The summed E-state index contributed by atoms with van der Waals surface area (Å²) in [5.74, 6) is -1.30. The van der Waals surface area contributed by atoms with Crippen LogP contribution in [0.25, 0.3) is 11.1 Å². The van der Waals surface area contributed by atoms with E-state index in [1.165, 1.54) is 0 Å². The Morgan fingerprint density at radius 1 is 1.06 bits per heavy atom. The number of nitrogens with one attached hydrogen (secondary N) is 2. The lowest BCUT2D eigenvalue weighted by Crippen LogP contribution is -2.54. The van der Waals surface area contributed by atoms with E-state index in [1.807, 2.05) is 38.1 Å². The summed E-state index contributed by atoms with van der Waals surface area (Å²) in [6, 6.07) is 14.9. The molecule has 2 aromatic carbocycles.